The summed E-state index contributed by atoms with van der Waals surface area (Å²) in [4.78, 5) is 0. The first-order valence-corrected chi connectivity index (χ1v) is 11.7. The fourth-order valence-electron chi connectivity index (χ4n) is 4.43. The van der Waals surface area contributed by atoms with E-state index in [-0.39, 0.29) is 11.4 Å². The second-order valence-corrected chi connectivity index (χ2v) is 10.3. The molecule has 5 nitrogen and oxygen atoms in total. The second-order valence-electron chi connectivity index (χ2n) is 10.3. The van der Waals surface area contributed by atoms with E-state index in [1.54, 1.807) is 18.2 Å². The fraction of sp³-hybridized carbons (Fsp3) is 0.630. The normalized spacial score (nSPS) is 22.3. The molecule has 0 radical (unpaired) electrons. The van der Waals surface area contributed by atoms with Crippen LogP contribution in [0.4, 0.5) is 0 Å². The van der Waals surface area contributed by atoms with Gasteiger partial charge in [-0.3, -0.25) is 0 Å². The Balaban J connectivity index is 1.84. The molecule has 0 fully saturated rings. The molecule has 2 rings (SSSR count). The number of ether oxygens (including phenoxy) is 1. The minimum absolute atomic E-state index is 0.271. The Labute approximate surface area is 193 Å². The van der Waals surface area contributed by atoms with E-state index >= 15 is 0 Å². The zero-order valence-electron chi connectivity index (χ0n) is 20.6. The predicted molar refractivity (Wildman–Crippen MR) is 129 cm³/mol. The van der Waals surface area contributed by atoms with Gasteiger partial charge >= 0.3 is 0 Å². The van der Waals surface area contributed by atoms with Crippen LogP contribution in [0.3, 0.4) is 0 Å². The lowest BCUT2D eigenvalue weighted by Gasteiger charge is -2.37. The van der Waals surface area contributed by atoms with Gasteiger partial charge in [-0.15, -0.1) is 0 Å². The van der Waals surface area contributed by atoms with Crippen molar-refractivity contribution >= 4 is 0 Å². The Morgan fingerprint density at radius 1 is 1.22 bits per heavy atom. The smallest absolute Gasteiger partial charge is 0.126 e. The van der Waals surface area contributed by atoms with Gasteiger partial charge in [0.25, 0.3) is 0 Å². The van der Waals surface area contributed by atoms with Gasteiger partial charge in [0.1, 0.15) is 29.3 Å². The zero-order valence-corrected chi connectivity index (χ0v) is 20.6. The number of rotatable bonds is 10. The number of benzene rings is 1. The van der Waals surface area contributed by atoms with Crippen LogP contribution in [0.5, 0.6) is 11.5 Å². The van der Waals surface area contributed by atoms with Gasteiger partial charge in [0, 0.05) is 0 Å². The van der Waals surface area contributed by atoms with Crippen molar-refractivity contribution < 1.29 is 25.2 Å². The predicted octanol–water partition coefficient (Wildman–Crippen LogP) is 5.12. The number of hydrogen-bond donors (Lipinski definition) is 4. The topological polar surface area (TPSA) is 90.2 Å². The van der Waals surface area contributed by atoms with Crippen LogP contribution in [-0.2, 0) is 6.42 Å². The zero-order chi connectivity index (χ0) is 24.1. The van der Waals surface area contributed by atoms with Gasteiger partial charge < -0.3 is 25.2 Å². The molecule has 32 heavy (non-hydrogen) atoms. The molecule has 0 bridgehead atoms. The van der Waals surface area contributed by atoms with E-state index in [0.717, 1.165) is 48.1 Å². The molecule has 0 amide bonds. The largest absolute Gasteiger partial charge is 0.508 e. The van der Waals surface area contributed by atoms with E-state index in [0.29, 0.717) is 24.8 Å². The minimum Gasteiger partial charge on any atom is -0.508 e. The first kappa shape index (κ1) is 26.4. The van der Waals surface area contributed by atoms with Gasteiger partial charge in [-0.1, -0.05) is 17.7 Å². The number of aliphatic hydroxyl groups excluding tert-OH is 2. The number of phenolic OH excluding ortho intramolecular Hbond substituents is 1. The fourth-order valence-corrected chi connectivity index (χ4v) is 4.43. The van der Waals surface area contributed by atoms with E-state index in [2.05, 4.69) is 6.92 Å². The highest BCUT2D eigenvalue weighted by molar-refractivity contribution is 5.47. The summed E-state index contributed by atoms with van der Waals surface area (Å²) in [5.74, 6) is 1.17. The average Bonchev–Trinajstić information content (AvgIpc) is 2.67. The maximum atomic E-state index is 10.8. The monoisotopic (exact) mass is 446 g/mol. The maximum absolute atomic E-state index is 10.8. The van der Waals surface area contributed by atoms with Crippen LogP contribution in [0.2, 0.25) is 0 Å². The van der Waals surface area contributed by atoms with Gasteiger partial charge in [0.15, 0.2) is 0 Å². The molecule has 1 unspecified atom stereocenters. The Kier molecular flexibility index (Phi) is 8.98. The van der Waals surface area contributed by atoms with Crippen molar-refractivity contribution in [3.8, 4) is 11.5 Å². The lowest BCUT2D eigenvalue weighted by Crippen LogP contribution is -2.37. The lowest BCUT2D eigenvalue weighted by atomic mass is 9.85. The summed E-state index contributed by atoms with van der Waals surface area (Å²) in [7, 11) is 0. The molecular formula is C27H42O5. The van der Waals surface area contributed by atoms with Crippen LogP contribution in [-0.4, -0.2) is 43.8 Å². The van der Waals surface area contributed by atoms with Crippen LogP contribution in [0.15, 0.2) is 35.4 Å². The number of hydrogen-bond acceptors (Lipinski definition) is 5. The average molecular weight is 447 g/mol. The molecule has 180 valence electrons. The highest BCUT2D eigenvalue weighted by atomic mass is 16.5. The molecule has 1 heterocycles. The Hall–Kier alpha value is -1.82. The third-order valence-corrected chi connectivity index (χ3v) is 6.47. The van der Waals surface area contributed by atoms with Crippen LogP contribution in [0, 0.1) is 6.92 Å². The summed E-state index contributed by atoms with van der Waals surface area (Å²) in [6.07, 6.45) is 7.08. The third-order valence-electron chi connectivity index (χ3n) is 6.47. The van der Waals surface area contributed by atoms with E-state index < -0.39 is 17.8 Å². The van der Waals surface area contributed by atoms with Crippen LogP contribution in [0.1, 0.15) is 84.3 Å². The first-order valence-electron chi connectivity index (χ1n) is 11.7. The second kappa shape index (κ2) is 10.9. The SMILES string of the molecule is CC(C)=C[C@H](O)[C@@H](O)/C(C)=C/CCC(C)(O)CCC[C@]1(C)CCc2cc(O)cc(C)c2O1. The lowest BCUT2D eigenvalue weighted by molar-refractivity contribution is 0.0198. The Morgan fingerprint density at radius 2 is 1.91 bits per heavy atom. The number of aryl methyl sites for hydroxylation is 2. The molecule has 1 aliphatic rings. The van der Waals surface area contributed by atoms with E-state index in [1.165, 1.54) is 0 Å². The van der Waals surface area contributed by atoms with E-state index in [9.17, 15) is 20.4 Å². The maximum Gasteiger partial charge on any atom is 0.126 e. The van der Waals surface area contributed by atoms with Crippen molar-refractivity contribution in [3.05, 3.63) is 46.6 Å². The number of phenols is 1. The summed E-state index contributed by atoms with van der Waals surface area (Å²) >= 11 is 0. The van der Waals surface area contributed by atoms with Crippen LogP contribution >= 0.6 is 0 Å². The molecule has 0 saturated carbocycles. The molecule has 0 aromatic heterocycles. The molecule has 0 saturated heterocycles. The van der Waals surface area contributed by atoms with Crippen molar-refractivity contribution in [3.63, 3.8) is 0 Å². The number of aromatic hydroxyl groups is 1. The van der Waals surface area contributed by atoms with Crippen molar-refractivity contribution in [2.75, 3.05) is 0 Å². The van der Waals surface area contributed by atoms with Crippen LogP contribution in [0.25, 0.3) is 0 Å². The molecule has 1 aromatic carbocycles. The van der Waals surface area contributed by atoms with E-state index in [4.69, 9.17) is 4.74 Å². The summed E-state index contributed by atoms with van der Waals surface area (Å²) < 4.78 is 6.35. The van der Waals surface area contributed by atoms with Gasteiger partial charge in [-0.05, 0) is 115 Å². The minimum atomic E-state index is -0.925. The van der Waals surface area contributed by atoms with E-state index in [1.807, 2.05) is 40.7 Å². The third kappa shape index (κ3) is 7.65. The quantitative estimate of drug-likeness (QED) is 0.375. The van der Waals surface area contributed by atoms with Gasteiger partial charge in [0.05, 0.1) is 5.60 Å². The van der Waals surface area contributed by atoms with Gasteiger partial charge in [0.2, 0.25) is 0 Å². The molecule has 4 atom stereocenters. The van der Waals surface area contributed by atoms with Crippen molar-refractivity contribution in [1.29, 1.82) is 0 Å². The molecule has 4 N–H and O–H groups in total. The molecule has 1 aliphatic heterocycles. The van der Waals surface area contributed by atoms with Gasteiger partial charge in [-0.25, -0.2) is 0 Å². The van der Waals surface area contributed by atoms with Crippen molar-refractivity contribution in [1.82, 2.24) is 0 Å². The summed E-state index contributed by atoms with van der Waals surface area (Å²) in [5, 5.41) is 40.9. The number of aliphatic hydroxyl groups is 3. The molecule has 0 aliphatic carbocycles. The molecule has 1 aromatic rings. The first-order chi connectivity index (χ1) is 14.8. The van der Waals surface area contributed by atoms with Gasteiger partial charge in [-0.2, -0.15) is 0 Å². The van der Waals surface area contributed by atoms with Crippen LogP contribution < -0.4 is 4.74 Å². The standard InChI is InChI=1S/C27H42O5/c1-18(2)15-23(29)24(30)19(3)9-7-11-26(5,31)12-8-13-27(6)14-10-21-17-22(28)16-20(4)25(21)32-27/h9,15-17,23-24,28-31H,7-8,10-14H2,1-6H3/b19-9+/t23-,24-,26?,27+/m0/s1. The number of allylic oxidation sites excluding steroid dienone is 2. The van der Waals surface area contributed by atoms with Crippen molar-refractivity contribution in [2.45, 2.75) is 110 Å². The Bertz CT molecular complexity index is 835. The highest BCUT2D eigenvalue weighted by Crippen LogP contribution is 2.40. The molecule has 0 spiro atoms. The number of fused-ring (bicyclic) bond motifs is 1. The summed E-state index contributed by atoms with van der Waals surface area (Å²) in [6.45, 7) is 11.5. The molecular weight excluding hydrogens is 404 g/mol. The Morgan fingerprint density at radius 3 is 2.56 bits per heavy atom. The summed E-state index contributed by atoms with van der Waals surface area (Å²) in [5.41, 5.74) is 2.62. The summed E-state index contributed by atoms with van der Waals surface area (Å²) in [6, 6.07) is 3.53. The molecule has 5 heteroatoms. The highest BCUT2D eigenvalue weighted by Gasteiger charge is 2.33. The van der Waals surface area contributed by atoms with Crippen molar-refractivity contribution in [2.24, 2.45) is 0 Å².